The number of hydrogen-bond donors (Lipinski definition) is 0. The molecule has 5 aromatic heterocycles. The van der Waals surface area contributed by atoms with Crippen LogP contribution in [-0.2, 0) is 0 Å². The van der Waals surface area contributed by atoms with Crippen molar-refractivity contribution in [2.24, 2.45) is 0 Å². The highest BCUT2D eigenvalue weighted by molar-refractivity contribution is 7.26. The quantitative estimate of drug-likeness (QED) is 0.167. The summed E-state index contributed by atoms with van der Waals surface area (Å²) in [5.74, 6) is 0. The maximum absolute atomic E-state index is 13.1. The summed E-state index contributed by atoms with van der Waals surface area (Å²) in [6.45, 7) is 0. The van der Waals surface area contributed by atoms with Crippen LogP contribution < -0.4 is 0 Å². The molecule has 17 aromatic rings. The molecule has 81 heavy (non-hydrogen) atoms. The van der Waals surface area contributed by atoms with Crippen molar-refractivity contribution in [2.45, 2.75) is 0 Å². The Kier molecular flexibility index (Phi) is 7.88. The Hall–Kier alpha value is -11.0. The van der Waals surface area contributed by atoms with Crippen LogP contribution in [0, 0.1) is 22.7 Å². The molecule has 0 aliphatic rings. The van der Waals surface area contributed by atoms with E-state index in [1.165, 1.54) is 0 Å². The zero-order valence-corrected chi connectivity index (χ0v) is 43.5. The Morgan fingerprint density at radius 3 is 1.14 bits per heavy atom. The van der Waals surface area contributed by atoms with E-state index in [1.54, 1.807) is 17.4 Å². The first kappa shape index (κ1) is 37.0. The summed E-state index contributed by atoms with van der Waals surface area (Å²) >= 11 is 1.59. The van der Waals surface area contributed by atoms with Crippen LogP contribution in [0.3, 0.4) is 0 Å². The summed E-state index contributed by atoms with van der Waals surface area (Å²) in [6, 6.07) is 66.5. The molecule has 6 nitrogen and oxygen atoms in total. The van der Waals surface area contributed by atoms with Crippen LogP contribution in [0.5, 0.6) is 0 Å². The zero-order chi connectivity index (χ0) is 61.3. The van der Waals surface area contributed by atoms with E-state index in [4.69, 9.17) is 5.48 Å². The first-order valence-electron chi connectivity index (χ1n) is 31.0. The monoisotopic (exact) mass is 1060 g/mol. The predicted molar refractivity (Wildman–Crippen MR) is 337 cm³/mol. The number of benzene rings is 12. The molecule has 0 bridgehead atoms. The first-order chi connectivity index (χ1) is 43.9. The van der Waals surface area contributed by atoms with Crippen LogP contribution in [0.25, 0.3) is 152 Å². The lowest BCUT2D eigenvalue weighted by atomic mass is 9.94. The fourth-order valence-electron chi connectivity index (χ4n) is 13.0. The first-order valence-corrected chi connectivity index (χ1v) is 27.3. The summed E-state index contributed by atoms with van der Waals surface area (Å²) in [4.78, 5) is 0. The SMILES string of the molecule is [2H]c1c([2H])c([2H])c(-c2c([2H])c([2H])c([2H])c([2H])c2-c2ccc3c4ccc5c6ccccc6sc5c4n(-c4c(C#N)c(-n5c6ccccc6c6ccccc65)c(-n5c6ccccc6c6ccccc65)c(C#N)c4-n4c5ccccc5c5ccccc54)c3c2)c([2H])c1[2H]. The van der Waals surface area contributed by atoms with Gasteiger partial charge in [-0.15, -0.1) is 11.3 Å². The third-order valence-electron chi connectivity index (χ3n) is 16.3. The fraction of sp³-hybridized carbons (Fsp3) is 0. The predicted octanol–water partition coefficient (Wildman–Crippen LogP) is 19.5. The maximum atomic E-state index is 13.1. The maximum Gasteiger partial charge on any atom is 0.104 e. The van der Waals surface area contributed by atoms with Crippen molar-refractivity contribution in [1.29, 1.82) is 10.5 Å². The normalized spacial score (nSPS) is 13.5. The van der Waals surface area contributed by atoms with Crippen molar-refractivity contribution in [3.63, 3.8) is 0 Å². The number of thiophene rings is 1. The van der Waals surface area contributed by atoms with Gasteiger partial charge in [0.25, 0.3) is 0 Å². The molecule has 0 aliphatic heterocycles. The van der Waals surface area contributed by atoms with Crippen LogP contribution in [0.15, 0.2) is 255 Å². The van der Waals surface area contributed by atoms with Crippen molar-refractivity contribution < 1.29 is 12.3 Å². The van der Waals surface area contributed by atoms with Crippen molar-refractivity contribution in [3.8, 4) is 57.1 Å². The number of rotatable bonds is 6. The lowest BCUT2D eigenvalue weighted by Crippen LogP contribution is -2.16. The van der Waals surface area contributed by atoms with Gasteiger partial charge in [-0.2, -0.15) is 10.5 Å². The molecule has 0 fully saturated rings. The Labute approximate surface area is 480 Å². The van der Waals surface area contributed by atoms with Gasteiger partial charge in [0.2, 0.25) is 0 Å². The van der Waals surface area contributed by atoms with E-state index in [0.29, 0.717) is 39.2 Å². The fourth-order valence-corrected chi connectivity index (χ4v) is 14.3. The Morgan fingerprint density at radius 2 is 0.679 bits per heavy atom. The van der Waals surface area contributed by atoms with E-state index in [-0.39, 0.29) is 33.4 Å². The summed E-state index contributed by atoms with van der Waals surface area (Å²) in [7, 11) is 0. The van der Waals surface area contributed by atoms with Crippen LogP contribution in [0.2, 0.25) is 0 Å². The highest BCUT2D eigenvalue weighted by Gasteiger charge is 2.35. The average Bonchev–Trinajstić information content (AvgIpc) is 1.45. The Morgan fingerprint density at radius 1 is 0.321 bits per heavy atom. The average molecular weight is 1060 g/mol. The number of nitrogens with zero attached hydrogens (tertiary/aromatic N) is 6. The van der Waals surface area contributed by atoms with Gasteiger partial charge in [0.1, 0.15) is 23.3 Å². The van der Waals surface area contributed by atoms with E-state index in [0.717, 1.165) is 91.0 Å². The molecule has 0 unspecified atom stereocenters. The minimum Gasteiger partial charge on any atom is -0.306 e. The molecule has 0 radical (unpaired) electrons. The molecule has 374 valence electrons. The molecule has 0 spiro atoms. The van der Waals surface area contributed by atoms with Crippen molar-refractivity contribution in [2.75, 3.05) is 0 Å². The van der Waals surface area contributed by atoms with Gasteiger partial charge >= 0.3 is 0 Å². The molecule has 0 aliphatic carbocycles. The molecule has 7 heteroatoms. The number of nitriles is 2. The van der Waals surface area contributed by atoms with Crippen LogP contribution >= 0.6 is 11.3 Å². The third-order valence-corrected chi connectivity index (χ3v) is 17.4. The highest BCUT2D eigenvalue weighted by Crippen LogP contribution is 2.51. The molecule has 0 N–H and O–H groups in total. The second-order valence-electron chi connectivity index (χ2n) is 20.2. The second-order valence-corrected chi connectivity index (χ2v) is 21.3. The van der Waals surface area contributed by atoms with Crippen molar-refractivity contribution >= 4 is 119 Å². The lowest BCUT2D eigenvalue weighted by Gasteiger charge is -2.27. The summed E-state index contributed by atoms with van der Waals surface area (Å²) in [5, 5.41) is 35.0. The van der Waals surface area contributed by atoms with Crippen LogP contribution in [-0.4, -0.2) is 18.3 Å². The van der Waals surface area contributed by atoms with E-state index in [2.05, 4.69) is 103 Å². The smallest absolute Gasteiger partial charge is 0.104 e. The molecule has 17 rings (SSSR count). The largest absolute Gasteiger partial charge is 0.306 e. The van der Waals surface area contributed by atoms with E-state index < -0.39 is 54.4 Å². The van der Waals surface area contributed by atoms with Crippen molar-refractivity contribution in [3.05, 3.63) is 266 Å². The molecule has 0 saturated heterocycles. The summed E-state index contributed by atoms with van der Waals surface area (Å²) < 4.78 is 92.4. The molecule has 12 aromatic carbocycles. The van der Waals surface area contributed by atoms with Gasteiger partial charge in [0.15, 0.2) is 0 Å². The highest BCUT2D eigenvalue weighted by atomic mass is 32.1. The summed E-state index contributed by atoms with van der Waals surface area (Å²) in [6.07, 6.45) is 0. The number of hydrogen-bond acceptors (Lipinski definition) is 3. The van der Waals surface area contributed by atoms with Crippen molar-refractivity contribution in [1.82, 2.24) is 18.3 Å². The molecular weight excluding hydrogens is 1000 g/mol. The van der Waals surface area contributed by atoms with E-state index >= 15 is 0 Å². The number of fused-ring (bicyclic) bond motifs is 16. The van der Waals surface area contributed by atoms with Gasteiger partial charge in [-0.3, -0.25) is 0 Å². The van der Waals surface area contributed by atoms with Gasteiger partial charge in [0.05, 0.1) is 83.9 Å². The van der Waals surface area contributed by atoms with Gasteiger partial charge in [-0.05, 0) is 70.8 Å². The minimum atomic E-state index is -0.661. The molecule has 0 amide bonds. The Bertz CT molecular complexity index is 6020. The second kappa shape index (κ2) is 17.3. The topological polar surface area (TPSA) is 67.3 Å². The lowest BCUT2D eigenvalue weighted by molar-refractivity contribution is 1.03. The molecular formula is C74H42N6S. The summed E-state index contributed by atoms with van der Waals surface area (Å²) in [5.41, 5.74) is 7.37. The van der Waals surface area contributed by atoms with E-state index in [9.17, 15) is 17.4 Å². The zero-order valence-electron chi connectivity index (χ0n) is 51.6. The number of para-hydroxylation sites is 6. The standard InChI is InChI=1S/C74H42N6S/c75-43-59-69(77-61-31-13-6-24-49(61)50-25-7-14-32-62(50)77)70(78-63-33-15-8-26-51(63)52-27-9-16-34-64(52)78)60(44-76)72(71(59)79-65-35-17-10-28-53(65)54-29-11-18-36-66(54)79)80-67-42-46(48-23-5-4-22-47(48)45-20-2-1-3-21-45)38-39-55(67)57-40-41-58-56-30-12-19-37-68(56)81-74(58)73(57)80/h1-42H/i1D,2D,3D,4D,5D,20D,21D,22D,23D. The van der Waals surface area contributed by atoms with Crippen LogP contribution in [0.4, 0.5) is 0 Å². The van der Waals surface area contributed by atoms with E-state index in [1.807, 2.05) is 121 Å². The van der Waals surface area contributed by atoms with Gasteiger partial charge in [-0.25, -0.2) is 0 Å². The third kappa shape index (κ3) is 6.24. The Balaban J connectivity index is 1.17. The van der Waals surface area contributed by atoms with Gasteiger partial charge in [0, 0.05) is 58.6 Å². The number of aromatic nitrogens is 4. The molecule has 0 atom stereocenters. The van der Waals surface area contributed by atoms with Gasteiger partial charge < -0.3 is 18.3 Å². The molecule has 0 saturated carbocycles. The van der Waals surface area contributed by atoms with Gasteiger partial charge in [-0.1, -0.05) is 206 Å². The van der Waals surface area contributed by atoms with Crippen LogP contribution in [0.1, 0.15) is 23.5 Å². The minimum absolute atomic E-state index is 0.0984. The molecule has 5 heterocycles.